The van der Waals surface area contributed by atoms with Crippen LogP contribution in [0.1, 0.15) is 17.4 Å². The summed E-state index contributed by atoms with van der Waals surface area (Å²) in [5, 5.41) is 3.40. The quantitative estimate of drug-likeness (QED) is 0.784. The number of rotatable bonds is 4. The van der Waals surface area contributed by atoms with E-state index >= 15 is 0 Å². The molecule has 1 N–H and O–H groups in total. The molecule has 3 aromatic rings. The molecule has 2 aromatic carbocycles. The predicted molar refractivity (Wildman–Crippen MR) is 82.7 cm³/mol. The van der Waals surface area contributed by atoms with E-state index in [4.69, 9.17) is 0 Å². The van der Waals surface area contributed by atoms with Crippen LogP contribution in [0.2, 0.25) is 0 Å². The maximum atomic E-state index is 4.63. The normalized spacial score (nSPS) is 12.7. The van der Waals surface area contributed by atoms with Gasteiger partial charge < -0.3 is 9.88 Å². The minimum Gasteiger partial charge on any atom is -0.326 e. The fraction of sp³-hybridized carbons (Fsp3) is 0.235. The van der Waals surface area contributed by atoms with Gasteiger partial charge in [0.15, 0.2) is 0 Å². The first-order valence-corrected chi connectivity index (χ1v) is 6.93. The van der Waals surface area contributed by atoms with Crippen molar-refractivity contribution in [2.24, 2.45) is 0 Å². The molecule has 20 heavy (non-hydrogen) atoms. The van der Waals surface area contributed by atoms with E-state index in [1.807, 2.05) is 19.2 Å². The number of nitrogens with zero attached hydrogens (tertiary/aromatic N) is 2. The molecule has 1 heterocycles. The van der Waals surface area contributed by atoms with Gasteiger partial charge in [-0.3, -0.25) is 0 Å². The van der Waals surface area contributed by atoms with Crippen molar-refractivity contribution in [3.05, 3.63) is 66.0 Å². The standard InChI is InChI=1S/C17H19N3/c1-13-19-15-10-6-7-11-17(15)20(13)12-16(18-2)14-8-4-3-5-9-14/h3-11,16,18H,12H2,1-2H3. The van der Waals surface area contributed by atoms with E-state index < -0.39 is 0 Å². The van der Waals surface area contributed by atoms with Crippen molar-refractivity contribution >= 4 is 11.0 Å². The summed E-state index contributed by atoms with van der Waals surface area (Å²) in [5.74, 6) is 1.06. The summed E-state index contributed by atoms with van der Waals surface area (Å²) in [6, 6.07) is 19.1. The number of likely N-dealkylation sites (N-methyl/N-ethyl adjacent to an activating group) is 1. The zero-order chi connectivity index (χ0) is 13.9. The Bertz CT molecular complexity index is 701. The number of benzene rings is 2. The van der Waals surface area contributed by atoms with Crippen LogP contribution in [0.5, 0.6) is 0 Å². The van der Waals surface area contributed by atoms with Gasteiger partial charge in [0.2, 0.25) is 0 Å². The van der Waals surface area contributed by atoms with Gasteiger partial charge in [-0.2, -0.15) is 0 Å². The van der Waals surface area contributed by atoms with Gasteiger partial charge in [0.25, 0.3) is 0 Å². The van der Waals surface area contributed by atoms with Crippen LogP contribution in [0, 0.1) is 6.92 Å². The fourth-order valence-corrected chi connectivity index (χ4v) is 2.66. The van der Waals surface area contributed by atoms with Crippen molar-refractivity contribution in [1.82, 2.24) is 14.9 Å². The van der Waals surface area contributed by atoms with E-state index in [0.717, 1.165) is 17.9 Å². The number of fused-ring (bicyclic) bond motifs is 1. The summed E-state index contributed by atoms with van der Waals surface area (Å²) in [6.45, 7) is 2.95. The maximum Gasteiger partial charge on any atom is 0.106 e. The first-order valence-electron chi connectivity index (χ1n) is 6.93. The molecule has 0 bridgehead atoms. The molecule has 0 saturated heterocycles. The van der Waals surface area contributed by atoms with E-state index in [-0.39, 0.29) is 6.04 Å². The van der Waals surface area contributed by atoms with Crippen molar-refractivity contribution in [2.75, 3.05) is 7.05 Å². The predicted octanol–water partition coefficient (Wildman–Crippen LogP) is 3.31. The fourth-order valence-electron chi connectivity index (χ4n) is 2.66. The number of aromatic nitrogens is 2. The molecule has 0 aliphatic heterocycles. The van der Waals surface area contributed by atoms with Crippen LogP contribution in [0.15, 0.2) is 54.6 Å². The van der Waals surface area contributed by atoms with E-state index in [2.05, 4.69) is 64.3 Å². The lowest BCUT2D eigenvalue weighted by molar-refractivity contribution is 0.501. The molecule has 1 aromatic heterocycles. The maximum absolute atomic E-state index is 4.63. The Labute approximate surface area is 119 Å². The van der Waals surface area contributed by atoms with Gasteiger partial charge in [0, 0.05) is 6.54 Å². The van der Waals surface area contributed by atoms with E-state index in [9.17, 15) is 0 Å². The molecule has 0 radical (unpaired) electrons. The number of hydrogen-bond acceptors (Lipinski definition) is 2. The molecular weight excluding hydrogens is 246 g/mol. The molecule has 1 unspecified atom stereocenters. The lowest BCUT2D eigenvalue weighted by atomic mass is 10.1. The summed E-state index contributed by atoms with van der Waals surface area (Å²) >= 11 is 0. The van der Waals surface area contributed by atoms with Gasteiger partial charge >= 0.3 is 0 Å². The lowest BCUT2D eigenvalue weighted by Gasteiger charge is -2.18. The van der Waals surface area contributed by atoms with Crippen LogP contribution in [-0.2, 0) is 6.54 Å². The molecule has 0 amide bonds. The number of hydrogen-bond donors (Lipinski definition) is 1. The van der Waals surface area contributed by atoms with Gasteiger partial charge in [0.05, 0.1) is 17.1 Å². The SMILES string of the molecule is CNC(Cn1c(C)nc2ccccc21)c1ccccc1. The highest BCUT2D eigenvalue weighted by Crippen LogP contribution is 2.20. The second-order valence-corrected chi connectivity index (χ2v) is 5.01. The Morgan fingerprint density at radius 3 is 2.50 bits per heavy atom. The average Bonchev–Trinajstić information content (AvgIpc) is 2.81. The second kappa shape index (κ2) is 5.47. The Morgan fingerprint density at radius 1 is 1.05 bits per heavy atom. The summed E-state index contributed by atoms with van der Waals surface area (Å²) in [7, 11) is 2.01. The van der Waals surface area contributed by atoms with Gasteiger partial charge in [-0.25, -0.2) is 4.98 Å². The monoisotopic (exact) mass is 265 g/mol. The average molecular weight is 265 g/mol. The minimum atomic E-state index is 0.285. The summed E-state index contributed by atoms with van der Waals surface area (Å²) in [5.41, 5.74) is 3.56. The second-order valence-electron chi connectivity index (χ2n) is 5.01. The van der Waals surface area contributed by atoms with Crippen LogP contribution >= 0.6 is 0 Å². The van der Waals surface area contributed by atoms with Gasteiger partial charge in [-0.1, -0.05) is 42.5 Å². The van der Waals surface area contributed by atoms with Gasteiger partial charge in [-0.15, -0.1) is 0 Å². The van der Waals surface area contributed by atoms with Crippen molar-refractivity contribution in [3.8, 4) is 0 Å². The Hall–Kier alpha value is -2.13. The molecule has 102 valence electrons. The third-order valence-electron chi connectivity index (χ3n) is 3.76. The van der Waals surface area contributed by atoms with Crippen molar-refractivity contribution in [3.63, 3.8) is 0 Å². The molecule has 0 aliphatic rings. The van der Waals surface area contributed by atoms with E-state index in [0.29, 0.717) is 0 Å². The molecule has 3 heteroatoms. The zero-order valence-electron chi connectivity index (χ0n) is 11.9. The number of aryl methyl sites for hydroxylation is 1. The molecule has 3 nitrogen and oxygen atoms in total. The molecule has 0 fully saturated rings. The van der Waals surface area contributed by atoms with E-state index in [1.165, 1.54) is 11.1 Å². The summed E-state index contributed by atoms with van der Waals surface area (Å²) in [4.78, 5) is 4.63. The first kappa shape index (κ1) is 12.9. The molecule has 3 rings (SSSR count). The number of imidazole rings is 1. The highest BCUT2D eigenvalue weighted by molar-refractivity contribution is 5.75. The van der Waals surface area contributed by atoms with Crippen LogP contribution in [-0.4, -0.2) is 16.6 Å². The first-order chi connectivity index (χ1) is 9.79. The van der Waals surface area contributed by atoms with Crippen LogP contribution in [0.4, 0.5) is 0 Å². The highest BCUT2D eigenvalue weighted by Gasteiger charge is 2.13. The Kier molecular flexibility index (Phi) is 3.52. The number of para-hydroxylation sites is 2. The molecule has 0 saturated carbocycles. The van der Waals surface area contributed by atoms with Crippen LogP contribution in [0.3, 0.4) is 0 Å². The van der Waals surface area contributed by atoms with Gasteiger partial charge in [0.1, 0.15) is 5.82 Å². The summed E-state index contributed by atoms with van der Waals surface area (Å²) < 4.78 is 2.28. The van der Waals surface area contributed by atoms with Gasteiger partial charge in [-0.05, 0) is 31.7 Å². The largest absolute Gasteiger partial charge is 0.326 e. The number of nitrogens with one attached hydrogen (secondary N) is 1. The third kappa shape index (κ3) is 2.32. The zero-order valence-corrected chi connectivity index (χ0v) is 11.9. The Balaban J connectivity index is 1.97. The topological polar surface area (TPSA) is 29.9 Å². The molecule has 0 spiro atoms. The van der Waals surface area contributed by atoms with Crippen molar-refractivity contribution in [1.29, 1.82) is 0 Å². The minimum absolute atomic E-state index is 0.285. The van der Waals surface area contributed by atoms with Crippen molar-refractivity contribution in [2.45, 2.75) is 19.5 Å². The molecule has 1 atom stereocenters. The third-order valence-corrected chi connectivity index (χ3v) is 3.76. The van der Waals surface area contributed by atoms with Crippen LogP contribution < -0.4 is 5.32 Å². The highest BCUT2D eigenvalue weighted by atomic mass is 15.1. The molecular formula is C17H19N3. The smallest absolute Gasteiger partial charge is 0.106 e. The summed E-state index contributed by atoms with van der Waals surface area (Å²) in [6.07, 6.45) is 0. The molecule has 0 aliphatic carbocycles. The Morgan fingerprint density at radius 2 is 1.75 bits per heavy atom. The van der Waals surface area contributed by atoms with E-state index in [1.54, 1.807) is 0 Å². The lowest BCUT2D eigenvalue weighted by Crippen LogP contribution is -2.22. The van der Waals surface area contributed by atoms with Crippen LogP contribution in [0.25, 0.3) is 11.0 Å². The van der Waals surface area contributed by atoms with Crippen molar-refractivity contribution < 1.29 is 0 Å².